The summed E-state index contributed by atoms with van der Waals surface area (Å²) in [7, 11) is -0.681. The number of sulfonamides is 1. The lowest BCUT2D eigenvalue weighted by Gasteiger charge is -2.40. The number of nitrogens with one attached hydrogen (secondary N) is 4. The van der Waals surface area contributed by atoms with Crippen molar-refractivity contribution < 1.29 is 32.4 Å². The molecule has 1 heterocycles. The third kappa shape index (κ3) is 9.83. The standard InChI is InChI=1S/C35H58N6O7S/c1-7-20-36-31(44)28(42)26(17-16-23-14-15-23)37-30(43)27-25-13-11-12-24(25)21-41(27)32(45)29(34(2,3)4)38-33(46)39-35(18-9-8-10-19-35)22-49(47,48)40(5)6/h7,23-27,29H,1,8-22H2,2-6H3,(H,36,44)(H,37,43)(H2,38,39,46)/t24-,25-,26-,27-,29+/m0/s1. The summed E-state index contributed by atoms with van der Waals surface area (Å²) in [5.41, 5.74) is -1.72. The third-order valence-corrected chi connectivity index (χ3v) is 12.9. The summed E-state index contributed by atoms with van der Waals surface area (Å²) in [6, 6.07) is -3.51. The second kappa shape index (κ2) is 15.9. The van der Waals surface area contributed by atoms with Gasteiger partial charge in [-0.15, -0.1) is 6.58 Å². The molecule has 3 aliphatic carbocycles. The average molecular weight is 707 g/mol. The molecule has 4 N–H and O–H groups in total. The van der Waals surface area contributed by atoms with Gasteiger partial charge in [-0.25, -0.2) is 17.5 Å². The van der Waals surface area contributed by atoms with E-state index in [0.29, 0.717) is 38.1 Å². The van der Waals surface area contributed by atoms with Crippen LogP contribution in [0.3, 0.4) is 0 Å². The molecule has 4 rings (SSSR count). The molecule has 4 aliphatic rings. The fourth-order valence-electron chi connectivity index (χ4n) is 7.85. The van der Waals surface area contributed by atoms with Crippen LogP contribution in [-0.4, -0.2) is 104 Å². The molecule has 5 amide bonds. The van der Waals surface area contributed by atoms with Crippen molar-refractivity contribution in [2.75, 3.05) is 32.9 Å². The van der Waals surface area contributed by atoms with Gasteiger partial charge in [-0.1, -0.05) is 65.4 Å². The summed E-state index contributed by atoms with van der Waals surface area (Å²) >= 11 is 0. The first-order chi connectivity index (χ1) is 23.0. The number of ketones is 1. The highest BCUT2D eigenvalue weighted by Gasteiger charge is 2.52. The molecule has 5 atom stereocenters. The van der Waals surface area contributed by atoms with Crippen LogP contribution in [0.4, 0.5) is 4.79 Å². The molecule has 0 unspecified atom stereocenters. The maximum atomic E-state index is 14.5. The molecule has 1 aliphatic heterocycles. The van der Waals surface area contributed by atoms with Gasteiger partial charge in [-0.2, -0.15) is 0 Å². The normalized spacial score (nSPS) is 24.8. The van der Waals surface area contributed by atoms with Crippen molar-refractivity contribution in [1.82, 2.24) is 30.5 Å². The second-order valence-corrected chi connectivity index (χ2v) is 18.2. The number of rotatable bonds is 15. The van der Waals surface area contributed by atoms with Gasteiger partial charge in [0.15, 0.2) is 0 Å². The van der Waals surface area contributed by atoms with Crippen LogP contribution in [0.5, 0.6) is 0 Å². The first-order valence-corrected chi connectivity index (χ1v) is 19.6. The summed E-state index contributed by atoms with van der Waals surface area (Å²) < 4.78 is 27.0. The van der Waals surface area contributed by atoms with Crippen LogP contribution in [0.25, 0.3) is 0 Å². The van der Waals surface area contributed by atoms with Gasteiger partial charge in [-0.3, -0.25) is 19.2 Å². The Morgan fingerprint density at radius 3 is 2.24 bits per heavy atom. The fourth-order valence-corrected chi connectivity index (χ4v) is 9.17. The van der Waals surface area contributed by atoms with E-state index in [1.54, 1.807) is 4.90 Å². The topological polar surface area (TPSA) is 174 Å². The van der Waals surface area contributed by atoms with E-state index in [0.717, 1.165) is 55.7 Å². The van der Waals surface area contributed by atoms with Gasteiger partial charge in [-0.05, 0) is 61.7 Å². The van der Waals surface area contributed by atoms with E-state index in [-0.39, 0.29) is 24.1 Å². The summed E-state index contributed by atoms with van der Waals surface area (Å²) in [6.07, 6.45) is 10.7. The number of hydrogen-bond acceptors (Lipinski definition) is 7. The van der Waals surface area contributed by atoms with E-state index in [4.69, 9.17) is 0 Å². The van der Waals surface area contributed by atoms with Gasteiger partial charge in [0.25, 0.3) is 5.91 Å². The third-order valence-electron chi connectivity index (χ3n) is 10.9. The minimum atomic E-state index is -3.63. The number of amides is 5. The number of likely N-dealkylation sites (tertiary alicyclic amines) is 1. The summed E-state index contributed by atoms with van der Waals surface area (Å²) in [5, 5.41) is 11.2. The molecule has 3 saturated carbocycles. The van der Waals surface area contributed by atoms with Crippen molar-refractivity contribution in [1.29, 1.82) is 0 Å². The van der Waals surface area contributed by atoms with Crippen molar-refractivity contribution in [3.63, 3.8) is 0 Å². The van der Waals surface area contributed by atoms with Crippen molar-refractivity contribution in [2.45, 2.75) is 121 Å². The molecule has 0 aromatic carbocycles. The van der Waals surface area contributed by atoms with Crippen LogP contribution in [0, 0.1) is 23.2 Å². The van der Waals surface area contributed by atoms with Gasteiger partial charge in [0.1, 0.15) is 12.1 Å². The Kier molecular flexibility index (Phi) is 12.6. The molecule has 13 nitrogen and oxygen atoms in total. The predicted octanol–water partition coefficient (Wildman–Crippen LogP) is 2.47. The van der Waals surface area contributed by atoms with Gasteiger partial charge in [0, 0.05) is 27.2 Å². The van der Waals surface area contributed by atoms with Gasteiger partial charge in [0.05, 0.1) is 17.3 Å². The zero-order valence-corrected chi connectivity index (χ0v) is 30.8. The lowest BCUT2D eigenvalue weighted by molar-refractivity contribution is -0.144. The Labute approximate surface area is 292 Å². The van der Waals surface area contributed by atoms with Gasteiger partial charge >= 0.3 is 6.03 Å². The number of Topliss-reactive ketones (excluding diaryl/α,β-unsaturated/α-hetero) is 1. The highest BCUT2D eigenvalue weighted by Crippen LogP contribution is 2.43. The van der Waals surface area contributed by atoms with E-state index in [9.17, 15) is 32.4 Å². The molecule has 0 spiro atoms. The van der Waals surface area contributed by atoms with Crippen LogP contribution < -0.4 is 21.3 Å². The summed E-state index contributed by atoms with van der Waals surface area (Å²) in [4.78, 5) is 69.7. The highest BCUT2D eigenvalue weighted by molar-refractivity contribution is 7.89. The molecule has 0 radical (unpaired) electrons. The number of fused-ring (bicyclic) bond motifs is 1. The van der Waals surface area contributed by atoms with Crippen LogP contribution in [0.15, 0.2) is 12.7 Å². The van der Waals surface area contributed by atoms with Crippen LogP contribution in [0.2, 0.25) is 0 Å². The molecule has 49 heavy (non-hydrogen) atoms. The molecule has 276 valence electrons. The summed E-state index contributed by atoms with van der Waals surface area (Å²) in [6.45, 7) is 9.56. The van der Waals surface area contributed by atoms with E-state index in [2.05, 4.69) is 27.8 Å². The Morgan fingerprint density at radius 1 is 0.980 bits per heavy atom. The molecular formula is C35H58N6O7S. The quantitative estimate of drug-likeness (QED) is 0.150. The predicted molar refractivity (Wildman–Crippen MR) is 187 cm³/mol. The van der Waals surface area contributed by atoms with E-state index < -0.39 is 68.6 Å². The van der Waals surface area contributed by atoms with Crippen molar-refractivity contribution in [2.24, 2.45) is 23.2 Å². The van der Waals surface area contributed by atoms with Gasteiger partial charge in [0.2, 0.25) is 27.6 Å². The minimum Gasteiger partial charge on any atom is -0.346 e. The number of carbonyl (C=O) groups excluding carboxylic acids is 5. The first kappa shape index (κ1) is 38.8. The maximum absolute atomic E-state index is 14.5. The lowest BCUT2D eigenvalue weighted by Crippen LogP contribution is -2.63. The van der Waals surface area contributed by atoms with Crippen molar-refractivity contribution >= 4 is 39.6 Å². The Bertz CT molecular complexity index is 1370. The van der Waals surface area contributed by atoms with Crippen molar-refractivity contribution in [3.05, 3.63) is 12.7 Å². The number of carbonyl (C=O) groups is 5. The average Bonchev–Trinajstić information content (AvgIpc) is 3.62. The Balaban J connectivity index is 1.54. The van der Waals surface area contributed by atoms with Crippen LogP contribution in [-0.2, 0) is 29.2 Å². The Hall–Kier alpha value is -3.00. The number of nitrogens with zero attached hydrogens (tertiary/aromatic N) is 2. The zero-order valence-electron chi connectivity index (χ0n) is 30.0. The highest BCUT2D eigenvalue weighted by atomic mass is 32.2. The molecule has 14 heteroatoms. The molecular weight excluding hydrogens is 648 g/mol. The molecule has 0 aromatic heterocycles. The molecule has 0 bridgehead atoms. The maximum Gasteiger partial charge on any atom is 0.315 e. The molecule has 0 aromatic rings. The van der Waals surface area contributed by atoms with E-state index >= 15 is 0 Å². The molecule has 4 fully saturated rings. The summed E-state index contributed by atoms with van der Waals surface area (Å²) in [5.74, 6) is -2.11. The van der Waals surface area contributed by atoms with Crippen molar-refractivity contribution in [3.8, 4) is 0 Å². The fraction of sp³-hybridized carbons (Fsp3) is 0.800. The van der Waals surface area contributed by atoms with E-state index in [1.807, 2.05) is 20.8 Å². The number of hydrogen-bond donors (Lipinski definition) is 4. The second-order valence-electron chi connectivity index (χ2n) is 16.0. The monoisotopic (exact) mass is 706 g/mol. The first-order valence-electron chi connectivity index (χ1n) is 18.0. The van der Waals surface area contributed by atoms with E-state index in [1.165, 1.54) is 20.2 Å². The van der Waals surface area contributed by atoms with Crippen LogP contribution in [0.1, 0.15) is 97.8 Å². The number of urea groups is 1. The zero-order chi connectivity index (χ0) is 36.1. The Morgan fingerprint density at radius 2 is 1.65 bits per heavy atom. The minimum absolute atomic E-state index is 0.103. The lowest BCUT2D eigenvalue weighted by atomic mass is 9.83. The van der Waals surface area contributed by atoms with Crippen LogP contribution >= 0.6 is 0 Å². The smallest absolute Gasteiger partial charge is 0.315 e. The largest absolute Gasteiger partial charge is 0.346 e. The molecule has 1 saturated heterocycles. The SMILES string of the molecule is C=CCNC(=O)C(=O)[C@H](CCC1CC1)NC(=O)[C@@H]1[C@H]2CCC[C@H]2CN1C(=O)[C@@H](NC(=O)NC1(CS(=O)(=O)N(C)C)CCCCC1)C(C)(C)C. The van der Waals surface area contributed by atoms with Gasteiger partial charge < -0.3 is 26.2 Å².